The zero-order valence-electron chi connectivity index (χ0n) is 25.8. The summed E-state index contributed by atoms with van der Waals surface area (Å²) in [6.07, 6.45) is 0. The predicted octanol–water partition coefficient (Wildman–Crippen LogP) is 6.46. The number of hydrogen-bond acceptors (Lipinski definition) is 7. The number of benzene rings is 4. The van der Waals surface area contributed by atoms with Crippen molar-refractivity contribution in [2.45, 2.75) is 43.8 Å². The summed E-state index contributed by atoms with van der Waals surface area (Å²) in [5.74, 6) is 0.829. The van der Waals surface area contributed by atoms with Crippen LogP contribution in [0.3, 0.4) is 0 Å². The van der Waals surface area contributed by atoms with Gasteiger partial charge in [0, 0.05) is 30.6 Å². The van der Waals surface area contributed by atoms with Gasteiger partial charge in [-0.3, -0.25) is 0 Å². The Morgan fingerprint density at radius 3 is 1.55 bits per heavy atom. The first kappa shape index (κ1) is 33.4. The van der Waals surface area contributed by atoms with Gasteiger partial charge in [0.05, 0.1) is 43.3 Å². The molecule has 8 heteroatoms. The third kappa shape index (κ3) is 8.34. The molecular formula is C36H42O7S. The number of aliphatic hydroxyl groups is 2. The van der Waals surface area contributed by atoms with Crippen molar-refractivity contribution in [3.8, 4) is 28.0 Å². The summed E-state index contributed by atoms with van der Waals surface area (Å²) in [4.78, 5) is 0.444. The van der Waals surface area contributed by atoms with Crippen LogP contribution >= 0.6 is 0 Å². The lowest BCUT2D eigenvalue weighted by atomic mass is 10.00. The molecule has 0 aliphatic carbocycles. The van der Waals surface area contributed by atoms with Gasteiger partial charge in [0.2, 0.25) is 9.84 Å². The largest absolute Gasteiger partial charge is 0.496 e. The van der Waals surface area contributed by atoms with Crippen LogP contribution in [0.2, 0.25) is 0 Å². The van der Waals surface area contributed by atoms with Crippen LogP contribution in [0.25, 0.3) is 22.3 Å². The molecule has 2 atom stereocenters. The third-order valence-electron chi connectivity index (χ3n) is 7.57. The van der Waals surface area contributed by atoms with Crippen molar-refractivity contribution in [3.63, 3.8) is 0 Å². The molecule has 2 N–H and O–H groups in total. The van der Waals surface area contributed by atoms with Crippen LogP contribution < -0.4 is 4.74 Å². The molecule has 0 saturated carbocycles. The van der Waals surface area contributed by atoms with Crippen LogP contribution in [0.5, 0.6) is 5.75 Å². The molecule has 2 unspecified atom stereocenters. The molecule has 0 spiro atoms. The molecule has 0 radical (unpaired) electrons. The van der Waals surface area contributed by atoms with Crippen molar-refractivity contribution < 1.29 is 32.8 Å². The highest BCUT2D eigenvalue weighted by atomic mass is 32.2. The number of sulfone groups is 1. The second-order valence-electron chi connectivity index (χ2n) is 11.3. The lowest BCUT2D eigenvalue weighted by Crippen LogP contribution is -2.10. The highest BCUT2D eigenvalue weighted by molar-refractivity contribution is 7.91. The minimum atomic E-state index is -3.72. The Bertz CT molecular complexity index is 1610. The maximum absolute atomic E-state index is 13.5. The topological polar surface area (TPSA) is 102 Å². The molecule has 7 nitrogen and oxygen atoms in total. The first-order valence-corrected chi connectivity index (χ1v) is 16.2. The molecule has 4 rings (SSSR count). The van der Waals surface area contributed by atoms with E-state index in [2.05, 4.69) is 6.07 Å². The lowest BCUT2D eigenvalue weighted by molar-refractivity contribution is 0.0686. The molecule has 0 aromatic heterocycles. The number of ether oxygens (including phenoxy) is 3. The molecule has 0 fully saturated rings. The van der Waals surface area contributed by atoms with E-state index in [0.29, 0.717) is 32.2 Å². The van der Waals surface area contributed by atoms with Crippen molar-refractivity contribution in [3.05, 3.63) is 102 Å². The lowest BCUT2D eigenvalue weighted by Gasteiger charge is -2.14. The highest BCUT2D eigenvalue weighted by Gasteiger charge is 2.18. The van der Waals surface area contributed by atoms with Gasteiger partial charge >= 0.3 is 0 Å². The minimum absolute atomic E-state index is 0.0442. The van der Waals surface area contributed by atoms with Gasteiger partial charge in [-0.25, -0.2) is 8.42 Å². The smallest absolute Gasteiger partial charge is 0.206 e. The fourth-order valence-corrected chi connectivity index (χ4v) is 5.97. The van der Waals surface area contributed by atoms with Crippen LogP contribution in [-0.2, 0) is 32.5 Å². The Balaban J connectivity index is 1.48. The van der Waals surface area contributed by atoms with Crippen LogP contribution in [-0.4, -0.2) is 52.2 Å². The summed E-state index contributed by atoms with van der Waals surface area (Å²) in [7, 11) is -2.11. The molecule has 0 saturated heterocycles. The van der Waals surface area contributed by atoms with E-state index in [-0.39, 0.29) is 34.8 Å². The van der Waals surface area contributed by atoms with Gasteiger partial charge < -0.3 is 24.4 Å². The monoisotopic (exact) mass is 618 g/mol. The Morgan fingerprint density at radius 2 is 1.07 bits per heavy atom. The molecular weight excluding hydrogens is 576 g/mol. The molecule has 0 amide bonds. The summed E-state index contributed by atoms with van der Waals surface area (Å²) >= 11 is 0. The van der Waals surface area contributed by atoms with E-state index in [1.165, 1.54) is 0 Å². The van der Waals surface area contributed by atoms with Crippen LogP contribution in [0.4, 0.5) is 0 Å². The Hall–Kier alpha value is -3.53. The third-order valence-corrected chi connectivity index (χ3v) is 9.35. The Kier molecular flexibility index (Phi) is 11.7. The fraction of sp³-hybridized carbons (Fsp3) is 0.333. The number of hydrogen-bond donors (Lipinski definition) is 2. The highest BCUT2D eigenvalue weighted by Crippen LogP contribution is 2.31. The number of rotatable bonds is 15. The van der Waals surface area contributed by atoms with Crippen molar-refractivity contribution in [2.75, 3.05) is 33.5 Å². The maximum Gasteiger partial charge on any atom is 0.206 e. The van der Waals surface area contributed by atoms with E-state index in [4.69, 9.17) is 14.2 Å². The number of methoxy groups -OCH3 is 1. The molecule has 44 heavy (non-hydrogen) atoms. The van der Waals surface area contributed by atoms with E-state index in [1.807, 2.05) is 63.2 Å². The standard InChI is InChI=1S/C36H42O7S/c1-25(19-37)21-42-23-32-17-30(6-5-27(32)3)28-7-12-34(13-8-28)44(39,40)35-14-9-29(10-15-35)31-11-16-36(41-4)33(18-31)24-43-22-26(2)20-38/h5-18,25-26,37-38H,19-24H2,1-4H3. The maximum atomic E-state index is 13.5. The fourth-order valence-electron chi connectivity index (χ4n) is 4.71. The predicted molar refractivity (Wildman–Crippen MR) is 172 cm³/mol. The number of aliphatic hydroxyl groups excluding tert-OH is 2. The van der Waals surface area contributed by atoms with Gasteiger partial charge in [-0.1, -0.05) is 56.3 Å². The summed E-state index contributed by atoms with van der Waals surface area (Å²) in [5.41, 5.74) is 6.71. The normalized spacial score (nSPS) is 13.0. The van der Waals surface area contributed by atoms with E-state index < -0.39 is 9.84 Å². The van der Waals surface area contributed by atoms with Crippen molar-refractivity contribution in [1.82, 2.24) is 0 Å². The molecule has 0 aliphatic rings. The first-order chi connectivity index (χ1) is 21.2. The zero-order valence-corrected chi connectivity index (χ0v) is 26.6. The summed E-state index contributed by atoms with van der Waals surface area (Å²) in [6, 6.07) is 25.7. The van der Waals surface area contributed by atoms with Crippen molar-refractivity contribution in [1.29, 1.82) is 0 Å². The van der Waals surface area contributed by atoms with Crippen molar-refractivity contribution in [2.24, 2.45) is 11.8 Å². The average molecular weight is 619 g/mol. The minimum Gasteiger partial charge on any atom is -0.496 e. The second kappa shape index (κ2) is 15.5. The quantitative estimate of drug-likeness (QED) is 0.158. The Labute approximate surface area is 261 Å². The van der Waals surface area contributed by atoms with E-state index >= 15 is 0 Å². The first-order valence-electron chi connectivity index (χ1n) is 14.8. The molecule has 4 aromatic rings. The van der Waals surface area contributed by atoms with Crippen LogP contribution in [0, 0.1) is 18.8 Å². The summed E-state index contributed by atoms with van der Waals surface area (Å²) in [6.45, 7) is 7.73. The number of aryl methyl sites for hydroxylation is 1. The van der Waals surface area contributed by atoms with E-state index in [9.17, 15) is 18.6 Å². The SMILES string of the molecule is COc1ccc(-c2ccc(S(=O)(=O)c3ccc(-c4ccc(C)c(COCC(C)CO)c4)cc3)cc2)cc1COCC(C)CO. The Morgan fingerprint density at radius 1 is 0.636 bits per heavy atom. The van der Waals surface area contributed by atoms with Gasteiger partial charge in [-0.05, 0) is 82.8 Å². The van der Waals surface area contributed by atoms with Crippen LogP contribution in [0.15, 0.2) is 94.7 Å². The molecule has 0 aliphatic heterocycles. The zero-order chi connectivity index (χ0) is 31.7. The molecule has 0 bridgehead atoms. The van der Waals surface area contributed by atoms with Gasteiger partial charge in [0.1, 0.15) is 5.75 Å². The van der Waals surface area contributed by atoms with Crippen LogP contribution in [0.1, 0.15) is 30.5 Å². The summed E-state index contributed by atoms with van der Waals surface area (Å²) in [5, 5.41) is 18.5. The van der Waals surface area contributed by atoms with Crippen molar-refractivity contribution >= 4 is 9.84 Å². The molecule has 234 valence electrons. The van der Waals surface area contributed by atoms with Gasteiger partial charge in [0.25, 0.3) is 0 Å². The van der Waals surface area contributed by atoms with Gasteiger partial charge in [-0.15, -0.1) is 0 Å². The van der Waals surface area contributed by atoms with E-state index in [1.54, 1.807) is 43.5 Å². The second-order valence-corrected chi connectivity index (χ2v) is 13.3. The van der Waals surface area contributed by atoms with Gasteiger partial charge in [-0.2, -0.15) is 0 Å². The van der Waals surface area contributed by atoms with E-state index in [0.717, 1.165) is 38.9 Å². The average Bonchev–Trinajstić information content (AvgIpc) is 3.05. The molecule has 4 aromatic carbocycles. The van der Waals surface area contributed by atoms with Gasteiger partial charge in [0.15, 0.2) is 0 Å². The summed E-state index contributed by atoms with van der Waals surface area (Å²) < 4.78 is 44.0. The molecule has 0 heterocycles.